The number of aryl methyl sites for hydroxylation is 1. The van der Waals surface area contributed by atoms with Gasteiger partial charge in [-0.15, -0.1) is 0 Å². The first-order chi connectivity index (χ1) is 15.2. The first kappa shape index (κ1) is 19.0. The normalized spacial score (nSPS) is 13.5. The highest BCUT2D eigenvalue weighted by atomic mass is 16.2. The van der Waals surface area contributed by atoms with Crippen LogP contribution in [0.3, 0.4) is 0 Å². The van der Waals surface area contributed by atoms with Crippen molar-refractivity contribution in [2.24, 2.45) is 0 Å². The number of hydrogen-bond donors (Lipinski definition) is 0. The van der Waals surface area contributed by atoms with Crippen LogP contribution in [0.25, 0.3) is 22.8 Å². The molecule has 0 N–H and O–H groups in total. The van der Waals surface area contributed by atoms with Crippen LogP contribution in [0.5, 0.6) is 0 Å². The Morgan fingerprint density at radius 3 is 2.52 bits per heavy atom. The molecule has 3 aromatic heterocycles. The van der Waals surface area contributed by atoms with E-state index in [1.54, 1.807) is 18.6 Å². The van der Waals surface area contributed by atoms with Crippen molar-refractivity contribution in [2.45, 2.75) is 19.9 Å². The Bertz CT molecular complexity index is 1200. The second-order valence-electron chi connectivity index (χ2n) is 7.42. The van der Waals surface area contributed by atoms with Crippen LogP contribution in [-0.4, -0.2) is 53.6 Å². The molecule has 0 bridgehead atoms. The molecular formula is C23H21N7O. The molecule has 0 unspecified atom stereocenters. The molecule has 0 atom stereocenters. The van der Waals surface area contributed by atoms with Gasteiger partial charge in [-0.2, -0.15) is 5.10 Å². The fourth-order valence-electron chi connectivity index (χ4n) is 3.69. The van der Waals surface area contributed by atoms with Crippen molar-refractivity contribution in [1.29, 1.82) is 0 Å². The van der Waals surface area contributed by atoms with Crippen molar-refractivity contribution in [2.75, 3.05) is 13.1 Å². The predicted octanol–water partition coefficient (Wildman–Crippen LogP) is 2.80. The summed E-state index contributed by atoms with van der Waals surface area (Å²) < 4.78 is 1.91. The number of pyridine rings is 1. The van der Waals surface area contributed by atoms with Crippen LogP contribution in [0.1, 0.15) is 21.9 Å². The number of nitrogens with zero attached hydrogens (tertiary/aromatic N) is 7. The maximum absolute atomic E-state index is 13.2. The molecule has 1 aliphatic heterocycles. The zero-order valence-electron chi connectivity index (χ0n) is 17.1. The lowest BCUT2D eigenvalue weighted by Gasteiger charge is -2.20. The fourth-order valence-corrected chi connectivity index (χ4v) is 3.69. The number of rotatable bonds is 3. The standard InChI is InChI=1S/C23H21N7O/c1-16-19(15-25-21(26-16)18-8-5-10-24-14-18)23(31)29-11-9-20-27-22(28-30(20)13-12-29)17-6-3-2-4-7-17/h2-8,10,14-15H,9,11-13H2,1H3. The van der Waals surface area contributed by atoms with E-state index in [0.29, 0.717) is 43.1 Å². The number of aromatic nitrogens is 6. The van der Waals surface area contributed by atoms with Gasteiger partial charge in [-0.05, 0) is 19.1 Å². The van der Waals surface area contributed by atoms with Gasteiger partial charge >= 0.3 is 0 Å². The quantitative estimate of drug-likeness (QED) is 0.515. The van der Waals surface area contributed by atoms with Crippen LogP contribution >= 0.6 is 0 Å². The highest BCUT2D eigenvalue weighted by Crippen LogP contribution is 2.19. The highest BCUT2D eigenvalue weighted by Gasteiger charge is 2.24. The van der Waals surface area contributed by atoms with Crippen molar-refractivity contribution in [1.82, 2.24) is 34.6 Å². The molecule has 1 aliphatic rings. The lowest BCUT2D eigenvalue weighted by Crippen LogP contribution is -2.34. The lowest BCUT2D eigenvalue weighted by atomic mass is 10.2. The number of carbonyl (C=O) groups is 1. The Hall–Kier alpha value is -3.94. The topological polar surface area (TPSA) is 89.7 Å². The third-order valence-electron chi connectivity index (χ3n) is 5.38. The van der Waals surface area contributed by atoms with Crippen molar-refractivity contribution < 1.29 is 4.79 Å². The third-order valence-corrected chi connectivity index (χ3v) is 5.38. The fraction of sp³-hybridized carbons (Fsp3) is 0.217. The number of carbonyl (C=O) groups excluding carboxylic acids is 1. The van der Waals surface area contributed by atoms with Gasteiger partial charge in [0.1, 0.15) is 5.82 Å². The van der Waals surface area contributed by atoms with Gasteiger partial charge in [-0.3, -0.25) is 9.78 Å². The third kappa shape index (κ3) is 3.79. The first-order valence-corrected chi connectivity index (χ1v) is 10.2. The summed E-state index contributed by atoms with van der Waals surface area (Å²) in [5.74, 6) is 2.12. The minimum Gasteiger partial charge on any atom is -0.336 e. The molecule has 31 heavy (non-hydrogen) atoms. The van der Waals surface area contributed by atoms with Gasteiger partial charge < -0.3 is 4.90 Å². The average Bonchev–Trinajstić information content (AvgIpc) is 3.13. The zero-order chi connectivity index (χ0) is 21.2. The van der Waals surface area contributed by atoms with E-state index in [-0.39, 0.29) is 5.91 Å². The minimum absolute atomic E-state index is 0.0655. The van der Waals surface area contributed by atoms with Crippen LogP contribution in [0.2, 0.25) is 0 Å². The summed E-state index contributed by atoms with van der Waals surface area (Å²) in [5.41, 5.74) is 3.00. The van der Waals surface area contributed by atoms with E-state index < -0.39 is 0 Å². The summed E-state index contributed by atoms with van der Waals surface area (Å²) in [6.07, 6.45) is 5.68. The molecule has 1 aromatic carbocycles. The maximum atomic E-state index is 13.2. The number of hydrogen-bond acceptors (Lipinski definition) is 6. The van der Waals surface area contributed by atoms with Crippen molar-refractivity contribution in [3.63, 3.8) is 0 Å². The van der Waals surface area contributed by atoms with Gasteiger partial charge in [0, 0.05) is 49.2 Å². The molecule has 154 valence electrons. The van der Waals surface area contributed by atoms with Crippen LogP contribution < -0.4 is 0 Å². The summed E-state index contributed by atoms with van der Waals surface area (Å²) >= 11 is 0. The van der Waals surface area contributed by atoms with Gasteiger partial charge in [-0.1, -0.05) is 30.3 Å². The summed E-state index contributed by atoms with van der Waals surface area (Å²) in [4.78, 5) is 32.7. The second-order valence-corrected chi connectivity index (χ2v) is 7.42. The number of benzene rings is 1. The molecule has 0 spiro atoms. The summed E-state index contributed by atoms with van der Waals surface area (Å²) in [7, 11) is 0. The second kappa shape index (κ2) is 8.06. The Labute approximate surface area is 179 Å². The van der Waals surface area contributed by atoms with E-state index in [9.17, 15) is 4.79 Å². The molecule has 5 rings (SSSR count). The Morgan fingerprint density at radius 2 is 1.74 bits per heavy atom. The number of fused-ring (bicyclic) bond motifs is 1. The van der Waals surface area contributed by atoms with Gasteiger partial charge in [-0.25, -0.2) is 19.6 Å². The monoisotopic (exact) mass is 411 g/mol. The smallest absolute Gasteiger partial charge is 0.257 e. The summed E-state index contributed by atoms with van der Waals surface area (Å²) in [6.45, 7) is 3.59. The van der Waals surface area contributed by atoms with E-state index in [4.69, 9.17) is 4.98 Å². The molecule has 8 nitrogen and oxygen atoms in total. The molecule has 0 fully saturated rings. The Morgan fingerprint density at radius 1 is 0.903 bits per heavy atom. The minimum atomic E-state index is -0.0655. The molecule has 0 aliphatic carbocycles. The molecular weight excluding hydrogens is 390 g/mol. The predicted molar refractivity (Wildman–Crippen MR) is 115 cm³/mol. The molecule has 1 amide bonds. The molecule has 4 heterocycles. The van der Waals surface area contributed by atoms with Crippen molar-refractivity contribution in [3.05, 3.63) is 78.1 Å². The van der Waals surface area contributed by atoms with Crippen LogP contribution in [0, 0.1) is 6.92 Å². The van der Waals surface area contributed by atoms with E-state index >= 15 is 0 Å². The van der Waals surface area contributed by atoms with E-state index in [1.807, 2.05) is 59.0 Å². The molecule has 0 saturated carbocycles. The molecule has 4 aromatic rings. The van der Waals surface area contributed by atoms with Gasteiger partial charge in [0.25, 0.3) is 5.91 Å². The van der Waals surface area contributed by atoms with Crippen LogP contribution in [0.4, 0.5) is 0 Å². The first-order valence-electron chi connectivity index (χ1n) is 10.2. The molecule has 0 radical (unpaired) electrons. The Balaban J connectivity index is 1.32. The van der Waals surface area contributed by atoms with Crippen molar-refractivity contribution >= 4 is 5.91 Å². The summed E-state index contributed by atoms with van der Waals surface area (Å²) in [5, 5.41) is 4.65. The highest BCUT2D eigenvalue weighted by molar-refractivity contribution is 5.95. The van der Waals surface area contributed by atoms with E-state index in [2.05, 4.69) is 20.1 Å². The van der Waals surface area contributed by atoms with E-state index in [1.165, 1.54) is 0 Å². The maximum Gasteiger partial charge on any atom is 0.257 e. The summed E-state index contributed by atoms with van der Waals surface area (Å²) in [6, 6.07) is 13.7. The number of amides is 1. The zero-order valence-corrected chi connectivity index (χ0v) is 17.1. The SMILES string of the molecule is Cc1nc(-c2cccnc2)ncc1C(=O)N1CCc2nc(-c3ccccc3)nn2CC1. The largest absolute Gasteiger partial charge is 0.336 e. The van der Waals surface area contributed by atoms with Gasteiger partial charge in [0.05, 0.1) is 17.8 Å². The van der Waals surface area contributed by atoms with Crippen LogP contribution in [-0.2, 0) is 13.0 Å². The van der Waals surface area contributed by atoms with Gasteiger partial charge in [0.2, 0.25) is 0 Å². The van der Waals surface area contributed by atoms with Crippen LogP contribution in [0.15, 0.2) is 61.1 Å². The van der Waals surface area contributed by atoms with Crippen molar-refractivity contribution in [3.8, 4) is 22.8 Å². The average molecular weight is 411 g/mol. The lowest BCUT2D eigenvalue weighted by molar-refractivity contribution is 0.0756. The molecule has 8 heteroatoms. The molecule has 0 saturated heterocycles. The Kier molecular flexibility index (Phi) is 4.95. The van der Waals surface area contributed by atoms with E-state index in [0.717, 1.165) is 22.8 Å². The van der Waals surface area contributed by atoms with Gasteiger partial charge in [0.15, 0.2) is 11.6 Å².